The number of para-hydroxylation sites is 1. The first-order valence-electron chi connectivity index (χ1n) is 8.84. The molecule has 0 radical (unpaired) electrons. The highest BCUT2D eigenvalue weighted by atomic mass is 19.4. The normalized spacial score (nSPS) is 11.5. The van der Waals surface area contributed by atoms with Crippen LogP contribution in [0, 0.1) is 0 Å². The van der Waals surface area contributed by atoms with E-state index in [0.29, 0.717) is 13.0 Å². The van der Waals surface area contributed by atoms with Crippen molar-refractivity contribution in [3.8, 4) is 5.88 Å². The van der Waals surface area contributed by atoms with E-state index in [9.17, 15) is 13.2 Å². The van der Waals surface area contributed by atoms with Crippen LogP contribution in [0.2, 0.25) is 0 Å². The standard InChI is InChI=1S/C19H24F3N3O/c1-4-7-12-26-17-15(19(20,21)22)13-23-18(24-17)25(6-3)16-11-9-8-10-14(16)5-2/h8-11,13H,4-7,12H2,1-3H3. The summed E-state index contributed by atoms with van der Waals surface area (Å²) in [6.45, 7) is 6.59. The van der Waals surface area contributed by atoms with E-state index in [2.05, 4.69) is 9.97 Å². The molecule has 4 nitrogen and oxygen atoms in total. The summed E-state index contributed by atoms with van der Waals surface area (Å²) in [6, 6.07) is 7.73. The fourth-order valence-corrected chi connectivity index (χ4v) is 2.60. The zero-order chi connectivity index (χ0) is 19.2. The maximum absolute atomic E-state index is 13.2. The van der Waals surface area contributed by atoms with Crippen LogP contribution in [0.1, 0.15) is 44.7 Å². The van der Waals surface area contributed by atoms with Crippen molar-refractivity contribution in [1.82, 2.24) is 9.97 Å². The van der Waals surface area contributed by atoms with Gasteiger partial charge in [-0.15, -0.1) is 0 Å². The van der Waals surface area contributed by atoms with Crippen LogP contribution in [0.3, 0.4) is 0 Å². The Hall–Kier alpha value is -2.31. The van der Waals surface area contributed by atoms with Crippen molar-refractivity contribution >= 4 is 11.6 Å². The monoisotopic (exact) mass is 367 g/mol. The van der Waals surface area contributed by atoms with Crippen molar-refractivity contribution in [2.45, 2.75) is 46.2 Å². The molecule has 2 aromatic rings. The van der Waals surface area contributed by atoms with E-state index >= 15 is 0 Å². The summed E-state index contributed by atoms with van der Waals surface area (Å²) in [5.41, 5.74) is 1.01. The van der Waals surface area contributed by atoms with Crippen molar-refractivity contribution in [2.75, 3.05) is 18.1 Å². The number of ether oxygens (including phenoxy) is 1. The number of benzene rings is 1. The number of aromatic nitrogens is 2. The molecule has 0 saturated heterocycles. The van der Waals surface area contributed by atoms with E-state index in [1.54, 1.807) is 4.90 Å². The van der Waals surface area contributed by atoms with Gasteiger partial charge in [-0.05, 0) is 31.4 Å². The Kier molecular flexibility index (Phi) is 6.83. The van der Waals surface area contributed by atoms with Gasteiger partial charge in [0.05, 0.1) is 6.61 Å². The van der Waals surface area contributed by atoms with Crippen LogP contribution in [0.4, 0.5) is 24.8 Å². The summed E-state index contributed by atoms with van der Waals surface area (Å²) in [5.74, 6) is -0.212. The number of rotatable bonds is 8. The van der Waals surface area contributed by atoms with Gasteiger partial charge in [0.2, 0.25) is 11.8 Å². The maximum Gasteiger partial charge on any atom is 0.423 e. The SMILES string of the molecule is CCCCOc1nc(N(CC)c2ccccc2CC)ncc1C(F)(F)F. The Balaban J connectivity index is 2.45. The molecule has 2 rings (SSSR count). The summed E-state index contributed by atoms with van der Waals surface area (Å²) >= 11 is 0. The predicted molar refractivity (Wildman–Crippen MR) is 95.9 cm³/mol. The van der Waals surface area contributed by atoms with Crippen molar-refractivity contribution < 1.29 is 17.9 Å². The van der Waals surface area contributed by atoms with Gasteiger partial charge in [0.1, 0.15) is 5.56 Å². The molecule has 0 amide bonds. The molecule has 0 aliphatic carbocycles. The fraction of sp³-hybridized carbons (Fsp3) is 0.474. The van der Waals surface area contributed by atoms with Crippen molar-refractivity contribution in [3.05, 3.63) is 41.6 Å². The van der Waals surface area contributed by atoms with Gasteiger partial charge in [-0.1, -0.05) is 38.5 Å². The summed E-state index contributed by atoms with van der Waals surface area (Å²) in [5, 5.41) is 0. The quantitative estimate of drug-likeness (QED) is 0.586. The molecule has 1 heterocycles. The zero-order valence-corrected chi connectivity index (χ0v) is 15.3. The van der Waals surface area contributed by atoms with Gasteiger partial charge >= 0.3 is 6.18 Å². The largest absolute Gasteiger partial charge is 0.477 e. The molecule has 0 N–H and O–H groups in total. The van der Waals surface area contributed by atoms with Gasteiger partial charge in [0.25, 0.3) is 0 Å². The molecule has 0 bridgehead atoms. The molecule has 0 aliphatic heterocycles. The lowest BCUT2D eigenvalue weighted by Crippen LogP contribution is -2.22. The minimum Gasteiger partial charge on any atom is -0.477 e. The second-order valence-electron chi connectivity index (χ2n) is 5.82. The third-order valence-electron chi connectivity index (χ3n) is 4.00. The number of hydrogen-bond donors (Lipinski definition) is 0. The summed E-state index contributed by atoms with van der Waals surface area (Å²) in [6.07, 6.45) is -1.47. The lowest BCUT2D eigenvalue weighted by atomic mass is 10.1. The molecule has 1 aromatic carbocycles. The second-order valence-corrected chi connectivity index (χ2v) is 5.82. The molecule has 0 unspecified atom stereocenters. The Morgan fingerprint density at radius 1 is 1.12 bits per heavy atom. The Morgan fingerprint density at radius 3 is 2.46 bits per heavy atom. The van der Waals surface area contributed by atoms with Crippen LogP contribution in [0.5, 0.6) is 5.88 Å². The fourth-order valence-electron chi connectivity index (χ4n) is 2.60. The number of alkyl halides is 3. The molecule has 26 heavy (non-hydrogen) atoms. The van der Waals surface area contributed by atoms with Crippen LogP contribution in [-0.4, -0.2) is 23.1 Å². The predicted octanol–water partition coefficient (Wildman–Crippen LogP) is 5.39. The lowest BCUT2D eigenvalue weighted by Gasteiger charge is -2.24. The minimum absolute atomic E-state index is 0.188. The molecule has 142 valence electrons. The average molecular weight is 367 g/mol. The average Bonchev–Trinajstić information content (AvgIpc) is 2.62. The number of nitrogens with zero attached hydrogens (tertiary/aromatic N) is 3. The first kappa shape index (κ1) is 20.0. The van der Waals surface area contributed by atoms with E-state index in [-0.39, 0.29) is 12.6 Å². The van der Waals surface area contributed by atoms with E-state index < -0.39 is 17.6 Å². The molecular formula is C19H24F3N3O. The van der Waals surface area contributed by atoms with Crippen molar-refractivity contribution in [3.63, 3.8) is 0 Å². The van der Waals surface area contributed by atoms with Crippen LogP contribution in [0.15, 0.2) is 30.5 Å². The summed E-state index contributed by atoms with van der Waals surface area (Å²) in [7, 11) is 0. The summed E-state index contributed by atoms with van der Waals surface area (Å²) < 4.78 is 45.1. The highest BCUT2D eigenvalue weighted by Gasteiger charge is 2.36. The first-order chi connectivity index (χ1) is 12.4. The van der Waals surface area contributed by atoms with Gasteiger partial charge in [-0.2, -0.15) is 18.2 Å². The molecule has 1 aromatic heterocycles. The first-order valence-corrected chi connectivity index (χ1v) is 8.84. The number of anilines is 2. The van der Waals surface area contributed by atoms with Crippen molar-refractivity contribution in [2.24, 2.45) is 0 Å². The Morgan fingerprint density at radius 2 is 1.85 bits per heavy atom. The van der Waals surface area contributed by atoms with Crippen LogP contribution in [-0.2, 0) is 12.6 Å². The van der Waals surface area contributed by atoms with Crippen LogP contribution in [0.25, 0.3) is 0 Å². The number of halogens is 3. The third-order valence-corrected chi connectivity index (χ3v) is 4.00. The Labute approximate surface area is 152 Å². The van der Waals surface area contributed by atoms with Gasteiger partial charge < -0.3 is 9.64 Å². The highest BCUT2D eigenvalue weighted by Crippen LogP contribution is 2.36. The molecule has 0 aliphatic rings. The Bertz CT molecular complexity index is 719. The number of aryl methyl sites for hydroxylation is 1. The minimum atomic E-state index is -4.56. The lowest BCUT2D eigenvalue weighted by molar-refractivity contribution is -0.139. The van der Waals surface area contributed by atoms with Gasteiger partial charge in [-0.3, -0.25) is 0 Å². The molecular weight excluding hydrogens is 343 g/mol. The molecule has 0 spiro atoms. The van der Waals surface area contributed by atoms with Crippen LogP contribution < -0.4 is 9.64 Å². The topological polar surface area (TPSA) is 38.2 Å². The second kappa shape index (κ2) is 8.87. The smallest absolute Gasteiger partial charge is 0.423 e. The maximum atomic E-state index is 13.2. The van der Waals surface area contributed by atoms with Gasteiger partial charge in [-0.25, -0.2) is 4.98 Å². The van der Waals surface area contributed by atoms with E-state index in [4.69, 9.17) is 4.74 Å². The highest BCUT2D eigenvalue weighted by molar-refractivity contribution is 5.62. The number of unbranched alkanes of at least 4 members (excludes halogenated alkanes) is 1. The van der Waals surface area contributed by atoms with Crippen LogP contribution >= 0.6 is 0 Å². The molecule has 0 atom stereocenters. The van der Waals surface area contributed by atoms with Gasteiger partial charge in [0, 0.05) is 18.4 Å². The van der Waals surface area contributed by atoms with E-state index in [1.807, 2.05) is 45.0 Å². The van der Waals surface area contributed by atoms with Gasteiger partial charge in [0.15, 0.2) is 0 Å². The zero-order valence-electron chi connectivity index (χ0n) is 15.3. The molecule has 0 fully saturated rings. The number of hydrogen-bond acceptors (Lipinski definition) is 4. The van der Waals surface area contributed by atoms with E-state index in [1.165, 1.54) is 0 Å². The van der Waals surface area contributed by atoms with E-state index in [0.717, 1.165) is 30.3 Å². The third kappa shape index (κ3) is 4.65. The summed E-state index contributed by atoms with van der Waals surface area (Å²) in [4.78, 5) is 9.88. The molecule has 0 saturated carbocycles. The van der Waals surface area contributed by atoms with Crippen molar-refractivity contribution in [1.29, 1.82) is 0 Å². The molecule has 7 heteroatoms.